The summed E-state index contributed by atoms with van der Waals surface area (Å²) in [4.78, 5) is 39.5. The Morgan fingerprint density at radius 3 is 2.41 bits per heavy atom. The fourth-order valence-electron chi connectivity index (χ4n) is 4.62. The van der Waals surface area contributed by atoms with Crippen molar-refractivity contribution < 1.29 is 22.7 Å². The molecule has 0 saturated carbocycles. The summed E-state index contributed by atoms with van der Waals surface area (Å²) in [5.74, 6) is -5.04. The van der Waals surface area contributed by atoms with Crippen LogP contribution in [0.4, 0.5) is 19.0 Å². The van der Waals surface area contributed by atoms with Gasteiger partial charge in [-0.1, -0.05) is 0 Å². The van der Waals surface area contributed by atoms with E-state index in [-0.39, 0.29) is 41.7 Å². The standard InChI is InChI=1S/C22H22F3N5O4/c23-15-8-13(9-16(24)18(15)25)7-14-19(28-10-22(11-28)2-6-34-12-22)29(5-3-26)21(33)30(20(14)32)4-1-17(27)31/h8-9H,1-2,4-7,10-12H2,(H2,27,31). The number of amides is 1. The number of hydrogen-bond acceptors (Lipinski definition) is 6. The third kappa shape index (κ3) is 4.19. The van der Waals surface area contributed by atoms with Crippen LogP contribution in [0.1, 0.15) is 24.0 Å². The van der Waals surface area contributed by atoms with E-state index in [9.17, 15) is 32.8 Å². The molecule has 180 valence electrons. The van der Waals surface area contributed by atoms with Gasteiger partial charge in [0, 0.05) is 44.5 Å². The lowest BCUT2D eigenvalue weighted by molar-refractivity contribution is -0.118. The first-order valence-electron chi connectivity index (χ1n) is 10.6. The Morgan fingerprint density at radius 1 is 1.18 bits per heavy atom. The maximum absolute atomic E-state index is 13.9. The number of carbonyl (C=O) groups excluding carboxylic acids is 1. The summed E-state index contributed by atoms with van der Waals surface area (Å²) in [6, 6.07) is 3.44. The number of rotatable bonds is 7. The molecule has 1 amide bonds. The lowest BCUT2D eigenvalue weighted by Crippen LogP contribution is -2.59. The summed E-state index contributed by atoms with van der Waals surface area (Å²) in [6.45, 7) is 1.31. The second kappa shape index (κ2) is 8.98. The lowest BCUT2D eigenvalue weighted by atomic mass is 9.79. The van der Waals surface area contributed by atoms with Gasteiger partial charge in [0.1, 0.15) is 12.4 Å². The zero-order chi connectivity index (χ0) is 24.6. The molecular formula is C22H22F3N5O4. The van der Waals surface area contributed by atoms with Gasteiger partial charge in [-0.3, -0.25) is 18.7 Å². The highest BCUT2D eigenvalue weighted by atomic mass is 19.2. The van der Waals surface area contributed by atoms with Gasteiger partial charge in [0.15, 0.2) is 17.5 Å². The summed E-state index contributed by atoms with van der Waals surface area (Å²) in [7, 11) is 0. The number of nitriles is 1. The largest absolute Gasteiger partial charge is 0.381 e. The minimum Gasteiger partial charge on any atom is -0.381 e. The van der Waals surface area contributed by atoms with Crippen LogP contribution in [0, 0.1) is 34.2 Å². The molecule has 1 aromatic carbocycles. The van der Waals surface area contributed by atoms with Crippen molar-refractivity contribution in [3.8, 4) is 6.07 Å². The summed E-state index contributed by atoms with van der Waals surface area (Å²) in [5.41, 5.74) is 3.42. The second-order valence-electron chi connectivity index (χ2n) is 8.71. The smallest absolute Gasteiger partial charge is 0.333 e. The van der Waals surface area contributed by atoms with E-state index >= 15 is 0 Å². The van der Waals surface area contributed by atoms with Crippen LogP contribution < -0.4 is 21.9 Å². The SMILES string of the molecule is N#CCn1c(N2CC3(CCOC3)C2)c(Cc2cc(F)c(F)c(F)c2)c(=O)n(CCC(N)=O)c1=O. The number of ether oxygens (including phenoxy) is 1. The molecule has 0 aliphatic carbocycles. The van der Waals surface area contributed by atoms with E-state index in [2.05, 4.69) is 0 Å². The number of aromatic nitrogens is 2. The third-order valence-electron chi connectivity index (χ3n) is 6.26. The molecule has 12 heteroatoms. The van der Waals surface area contributed by atoms with Crippen molar-refractivity contribution in [1.82, 2.24) is 9.13 Å². The van der Waals surface area contributed by atoms with Crippen LogP contribution in [0.25, 0.3) is 0 Å². The summed E-state index contributed by atoms with van der Waals surface area (Å²) < 4.78 is 48.6. The molecule has 0 radical (unpaired) electrons. The molecule has 1 aromatic heterocycles. The quantitative estimate of drug-likeness (QED) is 0.584. The van der Waals surface area contributed by atoms with E-state index in [1.165, 1.54) is 0 Å². The van der Waals surface area contributed by atoms with Crippen molar-refractivity contribution in [1.29, 1.82) is 5.26 Å². The highest BCUT2D eigenvalue weighted by Gasteiger charge is 2.47. The van der Waals surface area contributed by atoms with Crippen molar-refractivity contribution in [2.75, 3.05) is 31.2 Å². The van der Waals surface area contributed by atoms with Crippen LogP contribution in [0.5, 0.6) is 0 Å². The molecule has 0 bridgehead atoms. The van der Waals surface area contributed by atoms with E-state index in [0.29, 0.717) is 26.3 Å². The highest BCUT2D eigenvalue weighted by molar-refractivity contribution is 5.73. The number of halogens is 3. The Morgan fingerprint density at radius 2 is 1.85 bits per heavy atom. The molecule has 9 nitrogen and oxygen atoms in total. The van der Waals surface area contributed by atoms with Gasteiger partial charge in [-0.15, -0.1) is 0 Å². The number of primary amides is 1. The van der Waals surface area contributed by atoms with Crippen LogP contribution in [-0.4, -0.2) is 41.3 Å². The van der Waals surface area contributed by atoms with Gasteiger partial charge in [-0.25, -0.2) is 18.0 Å². The first-order valence-corrected chi connectivity index (χ1v) is 10.6. The van der Waals surface area contributed by atoms with Gasteiger partial charge < -0.3 is 15.4 Å². The van der Waals surface area contributed by atoms with E-state index < -0.39 is 41.2 Å². The average Bonchev–Trinajstić information content (AvgIpc) is 3.25. The van der Waals surface area contributed by atoms with Crippen LogP contribution in [-0.2, 0) is 29.0 Å². The Hall–Kier alpha value is -3.59. The van der Waals surface area contributed by atoms with E-state index in [4.69, 9.17) is 10.5 Å². The number of anilines is 1. The summed E-state index contributed by atoms with van der Waals surface area (Å²) >= 11 is 0. The topological polar surface area (TPSA) is 123 Å². The first kappa shape index (κ1) is 23.6. The highest BCUT2D eigenvalue weighted by Crippen LogP contribution is 2.41. The van der Waals surface area contributed by atoms with Crippen molar-refractivity contribution >= 4 is 11.7 Å². The number of nitrogens with zero attached hydrogens (tertiary/aromatic N) is 4. The second-order valence-corrected chi connectivity index (χ2v) is 8.71. The third-order valence-corrected chi connectivity index (χ3v) is 6.26. The fraction of sp³-hybridized carbons (Fsp3) is 0.455. The number of benzene rings is 1. The summed E-state index contributed by atoms with van der Waals surface area (Å²) in [6.07, 6.45) is 0.167. The van der Waals surface area contributed by atoms with Crippen molar-refractivity contribution in [3.05, 3.63) is 61.5 Å². The molecule has 2 N–H and O–H groups in total. The molecule has 34 heavy (non-hydrogen) atoms. The van der Waals surface area contributed by atoms with Crippen LogP contribution in [0.2, 0.25) is 0 Å². The Kier molecular flexibility index (Phi) is 6.22. The fourth-order valence-corrected chi connectivity index (χ4v) is 4.62. The van der Waals surface area contributed by atoms with Crippen LogP contribution in [0.3, 0.4) is 0 Å². The lowest BCUT2D eigenvalue weighted by Gasteiger charge is -2.49. The van der Waals surface area contributed by atoms with Gasteiger partial charge >= 0.3 is 5.69 Å². The minimum atomic E-state index is -1.64. The minimum absolute atomic E-state index is 0.00139. The van der Waals surface area contributed by atoms with Crippen LogP contribution >= 0.6 is 0 Å². The van der Waals surface area contributed by atoms with Crippen molar-refractivity contribution in [2.24, 2.45) is 11.1 Å². The van der Waals surface area contributed by atoms with Crippen LogP contribution in [0.15, 0.2) is 21.7 Å². The van der Waals surface area contributed by atoms with Crippen molar-refractivity contribution in [3.63, 3.8) is 0 Å². The molecule has 3 heterocycles. The maximum atomic E-state index is 13.9. The Labute approximate surface area is 191 Å². The normalized spacial score (nSPS) is 16.5. The molecule has 2 fully saturated rings. The van der Waals surface area contributed by atoms with E-state index in [1.54, 1.807) is 4.90 Å². The predicted molar refractivity (Wildman–Crippen MR) is 114 cm³/mol. The molecule has 0 atom stereocenters. The zero-order valence-corrected chi connectivity index (χ0v) is 18.2. The first-order chi connectivity index (χ1) is 16.2. The van der Waals surface area contributed by atoms with Gasteiger partial charge in [-0.05, 0) is 24.1 Å². The number of hydrogen-bond donors (Lipinski definition) is 1. The van der Waals surface area contributed by atoms with Gasteiger partial charge in [0.2, 0.25) is 5.91 Å². The molecule has 2 saturated heterocycles. The predicted octanol–water partition coefficient (Wildman–Crippen LogP) is 0.644. The van der Waals surface area contributed by atoms with Gasteiger partial charge in [0.25, 0.3) is 5.56 Å². The molecule has 0 unspecified atom stereocenters. The molecule has 2 aromatic rings. The zero-order valence-electron chi connectivity index (χ0n) is 18.2. The molecular weight excluding hydrogens is 455 g/mol. The summed E-state index contributed by atoms with van der Waals surface area (Å²) in [5, 5.41) is 9.36. The molecule has 2 aliphatic rings. The Bertz CT molecular complexity index is 1280. The molecule has 4 rings (SSSR count). The van der Waals surface area contributed by atoms with Gasteiger partial charge in [-0.2, -0.15) is 5.26 Å². The number of carbonyl (C=O) groups is 1. The van der Waals surface area contributed by atoms with E-state index in [0.717, 1.165) is 27.7 Å². The van der Waals surface area contributed by atoms with Crippen molar-refractivity contribution in [2.45, 2.75) is 32.4 Å². The van der Waals surface area contributed by atoms with E-state index in [1.807, 2.05) is 6.07 Å². The molecule has 2 aliphatic heterocycles. The van der Waals surface area contributed by atoms with Gasteiger partial charge in [0.05, 0.1) is 18.2 Å². The average molecular weight is 477 g/mol. The Balaban J connectivity index is 1.87. The number of nitrogens with two attached hydrogens (primary N) is 1. The maximum Gasteiger partial charge on any atom is 0.333 e. The monoisotopic (exact) mass is 477 g/mol. The molecule has 1 spiro atoms.